The average molecular weight is 289 g/mol. The number of amides is 1. The third-order valence-electron chi connectivity index (χ3n) is 5.29. The standard InChI is InChI=1S/C18H24FNO/c1-14-7-11-20(12-8-14)17(21)18(9-2-10-18)13-15-3-5-16(19)6-4-15/h3-6,14H,2,7-13H2,1H3. The number of carbonyl (C=O) groups is 1. The molecule has 0 unspecified atom stereocenters. The van der Waals surface area contributed by atoms with Gasteiger partial charge in [0, 0.05) is 13.1 Å². The van der Waals surface area contributed by atoms with Crippen LogP contribution in [-0.2, 0) is 11.2 Å². The molecule has 0 N–H and O–H groups in total. The molecule has 1 heterocycles. The molecule has 0 aromatic heterocycles. The SMILES string of the molecule is CC1CCN(C(=O)C2(Cc3ccc(F)cc3)CCC2)CC1. The number of benzene rings is 1. The lowest BCUT2D eigenvalue weighted by Gasteiger charge is -2.45. The van der Waals surface area contributed by atoms with E-state index in [1.54, 1.807) is 0 Å². The molecule has 2 fully saturated rings. The van der Waals surface area contributed by atoms with E-state index in [0.29, 0.717) is 5.91 Å². The van der Waals surface area contributed by atoms with Crippen molar-refractivity contribution in [1.82, 2.24) is 4.90 Å². The lowest BCUT2D eigenvalue weighted by molar-refractivity contribution is -0.148. The Hall–Kier alpha value is -1.38. The molecule has 21 heavy (non-hydrogen) atoms. The summed E-state index contributed by atoms with van der Waals surface area (Å²) in [5.41, 5.74) is 0.869. The molecule has 0 bridgehead atoms. The van der Waals surface area contributed by atoms with Crippen molar-refractivity contribution < 1.29 is 9.18 Å². The molecule has 3 heteroatoms. The summed E-state index contributed by atoms with van der Waals surface area (Å²) in [6, 6.07) is 6.63. The third kappa shape index (κ3) is 2.97. The molecular formula is C18H24FNO. The van der Waals surface area contributed by atoms with Gasteiger partial charge in [-0.2, -0.15) is 0 Å². The molecule has 0 radical (unpaired) electrons. The van der Waals surface area contributed by atoms with Crippen LogP contribution in [-0.4, -0.2) is 23.9 Å². The van der Waals surface area contributed by atoms with E-state index in [2.05, 4.69) is 11.8 Å². The fraction of sp³-hybridized carbons (Fsp3) is 0.611. The number of likely N-dealkylation sites (tertiary alicyclic amines) is 1. The first kappa shape index (κ1) is 14.6. The number of piperidine rings is 1. The van der Waals surface area contributed by atoms with Gasteiger partial charge in [0.2, 0.25) is 5.91 Å². The number of halogens is 1. The van der Waals surface area contributed by atoms with E-state index < -0.39 is 0 Å². The van der Waals surface area contributed by atoms with Gasteiger partial charge >= 0.3 is 0 Å². The van der Waals surface area contributed by atoms with Gasteiger partial charge in [-0.3, -0.25) is 4.79 Å². The molecule has 3 rings (SSSR count). The molecule has 1 amide bonds. The Kier molecular flexibility index (Phi) is 4.01. The van der Waals surface area contributed by atoms with Gasteiger partial charge in [0.25, 0.3) is 0 Å². The number of hydrogen-bond donors (Lipinski definition) is 0. The van der Waals surface area contributed by atoms with E-state index in [0.717, 1.165) is 63.1 Å². The second-order valence-corrected chi connectivity index (χ2v) is 6.91. The van der Waals surface area contributed by atoms with Crippen LogP contribution in [0.1, 0.15) is 44.6 Å². The first-order valence-corrected chi connectivity index (χ1v) is 8.13. The molecule has 1 saturated carbocycles. The molecule has 2 nitrogen and oxygen atoms in total. The Labute approximate surface area is 126 Å². The van der Waals surface area contributed by atoms with Crippen LogP contribution in [0.15, 0.2) is 24.3 Å². The van der Waals surface area contributed by atoms with Crippen molar-refractivity contribution in [3.63, 3.8) is 0 Å². The Bertz CT molecular complexity index is 498. The van der Waals surface area contributed by atoms with E-state index >= 15 is 0 Å². The monoisotopic (exact) mass is 289 g/mol. The summed E-state index contributed by atoms with van der Waals surface area (Å²) in [6.07, 6.45) is 6.11. The van der Waals surface area contributed by atoms with Crippen molar-refractivity contribution in [3.8, 4) is 0 Å². The molecule has 1 aliphatic heterocycles. The van der Waals surface area contributed by atoms with Gasteiger partial charge in [-0.05, 0) is 55.7 Å². The number of nitrogens with zero attached hydrogens (tertiary/aromatic N) is 1. The second-order valence-electron chi connectivity index (χ2n) is 6.91. The van der Waals surface area contributed by atoms with E-state index in [4.69, 9.17) is 0 Å². The highest BCUT2D eigenvalue weighted by molar-refractivity contribution is 5.84. The lowest BCUT2D eigenvalue weighted by Crippen LogP contribution is -2.51. The molecule has 1 aliphatic carbocycles. The predicted molar refractivity (Wildman–Crippen MR) is 81.4 cm³/mol. The van der Waals surface area contributed by atoms with Gasteiger partial charge in [-0.15, -0.1) is 0 Å². The average Bonchev–Trinajstić information content (AvgIpc) is 2.45. The van der Waals surface area contributed by atoms with Gasteiger partial charge in [-0.1, -0.05) is 25.5 Å². The van der Waals surface area contributed by atoms with E-state index in [1.165, 1.54) is 12.1 Å². The van der Waals surface area contributed by atoms with Gasteiger partial charge < -0.3 is 4.90 Å². The summed E-state index contributed by atoms with van der Waals surface area (Å²) in [5.74, 6) is 0.867. The topological polar surface area (TPSA) is 20.3 Å². The normalized spacial score (nSPS) is 21.9. The summed E-state index contributed by atoms with van der Waals surface area (Å²) < 4.78 is 13.0. The molecule has 0 spiro atoms. The number of hydrogen-bond acceptors (Lipinski definition) is 1. The van der Waals surface area contributed by atoms with E-state index in [1.807, 2.05) is 12.1 Å². The maximum Gasteiger partial charge on any atom is 0.229 e. The summed E-state index contributed by atoms with van der Waals surface area (Å²) in [7, 11) is 0. The molecule has 1 aromatic carbocycles. The van der Waals surface area contributed by atoms with Crippen molar-refractivity contribution in [2.45, 2.75) is 45.4 Å². The smallest absolute Gasteiger partial charge is 0.229 e. The fourth-order valence-electron chi connectivity index (χ4n) is 3.61. The maximum atomic E-state index is 13.0. The molecular weight excluding hydrogens is 265 g/mol. The Morgan fingerprint density at radius 1 is 1.24 bits per heavy atom. The minimum absolute atomic E-state index is 0.210. The van der Waals surface area contributed by atoms with Crippen molar-refractivity contribution in [3.05, 3.63) is 35.6 Å². The zero-order chi connectivity index (χ0) is 14.9. The van der Waals surface area contributed by atoms with Gasteiger partial charge in [0.05, 0.1) is 5.41 Å². The predicted octanol–water partition coefficient (Wildman–Crippen LogP) is 3.80. The molecule has 1 aromatic rings. The van der Waals surface area contributed by atoms with Crippen molar-refractivity contribution in [2.75, 3.05) is 13.1 Å². The quantitative estimate of drug-likeness (QED) is 0.829. The van der Waals surface area contributed by atoms with Crippen LogP contribution in [0.5, 0.6) is 0 Å². The van der Waals surface area contributed by atoms with Crippen LogP contribution < -0.4 is 0 Å². The van der Waals surface area contributed by atoms with Crippen molar-refractivity contribution >= 4 is 5.91 Å². The highest BCUT2D eigenvalue weighted by Gasteiger charge is 2.46. The van der Waals surface area contributed by atoms with Crippen molar-refractivity contribution in [2.24, 2.45) is 11.3 Å². The highest BCUT2D eigenvalue weighted by Crippen LogP contribution is 2.45. The minimum atomic E-state index is -0.210. The van der Waals surface area contributed by atoms with Crippen molar-refractivity contribution in [1.29, 1.82) is 0 Å². The van der Waals surface area contributed by atoms with Crippen LogP contribution in [0.25, 0.3) is 0 Å². The van der Waals surface area contributed by atoms with Gasteiger partial charge in [-0.25, -0.2) is 4.39 Å². The Balaban J connectivity index is 1.70. The van der Waals surface area contributed by atoms with E-state index in [9.17, 15) is 9.18 Å². The maximum absolute atomic E-state index is 13.0. The van der Waals surface area contributed by atoms with Gasteiger partial charge in [0.1, 0.15) is 5.82 Å². The largest absolute Gasteiger partial charge is 0.342 e. The minimum Gasteiger partial charge on any atom is -0.342 e. The Morgan fingerprint density at radius 3 is 2.38 bits per heavy atom. The van der Waals surface area contributed by atoms with Crippen LogP contribution in [0.3, 0.4) is 0 Å². The molecule has 0 atom stereocenters. The summed E-state index contributed by atoms with van der Waals surface area (Å²) in [4.78, 5) is 15.0. The zero-order valence-electron chi connectivity index (χ0n) is 12.8. The second kappa shape index (κ2) is 5.78. The first-order valence-electron chi connectivity index (χ1n) is 8.13. The molecule has 114 valence electrons. The fourth-order valence-corrected chi connectivity index (χ4v) is 3.61. The highest BCUT2D eigenvalue weighted by atomic mass is 19.1. The van der Waals surface area contributed by atoms with Crippen LogP contribution in [0.4, 0.5) is 4.39 Å². The first-order chi connectivity index (χ1) is 10.1. The summed E-state index contributed by atoms with van der Waals surface area (Å²) in [6.45, 7) is 4.08. The Morgan fingerprint density at radius 2 is 1.86 bits per heavy atom. The van der Waals surface area contributed by atoms with Gasteiger partial charge in [0.15, 0.2) is 0 Å². The molecule has 1 saturated heterocycles. The number of carbonyl (C=O) groups excluding carboxylic acids is 1. The summed E-state index contributed by atoms with van der Waals surface area (Å²) in [5, 5.41) is 0. The van der Waals surface area contributed by atoms with Crippen LogP contribution >= 0.6 is 0 Å². The third-order valence-corrected chi connectivity index (χ3v) is 5.29. The van der Waals surface area contributed by atoms with Crippen LogP contribution in [0, 0.1) is 17.2 Å². The summed E-state index contributed by atoms with van der Waals surface area (Å²) >= 11 is 0. The number of rotatable bonds is 3. The molecule has 2 aliphatic rings. The van der Waals surface area contributed by atoms with E-state index in [-0.39, 0.29) is 11.2 Å². The zero-order valence-corrected chi connectivity index (χ0v) is 12.8. The lowest BCUT2D eigenvalue weighted by atomic mass is 9.64. The van der Waals surface area contributed by atoms with Crippen LogP contribution in [0.2, 0.25) is 0 Å².